The predicted octanol–water partition coefficient (Wildman–Crippen LogP) is -0.996. The van der Waals surface area contributed by atoms with Crippen LogP contribution in [0.25, 0.3) is 0 Å². The molecule has 0 aromatic rings. The van der Waals surface area contributed by atoms with Gasteiger partial charge in [-0.1, -0.05) is 6.92 Å². The zero-order valence-corrected chi connectivity index (χ0v) is 11.6. The van der Waals surface area contributed by atoms with Gasteiger partial charge in [0.15, 0.2) is 0 Å². The number of rotatable bonds is 4. The van der Waals surface area contributed by atoms with Crippen molar-refractivity contribution in [1.29, 1.82) is 0 Å². The van der Waals surface area contributed by atoms with Gasteiger partial charge in [0.2, 0.25) is 11.8 Å². The van der Waals surface area contributed by atoms with E-state index in [0.717, 1.165) is 45.6 Å². The first-order valence-electron chi connectivity index (χ1n) is 7.12. The Morgan fingerprint density at radius 2 is 2.00 bits per heavy atom. The molecule has 0 spiro atoms. The van der Waals surface area contributed by atoms with Gasteiger partial charge in [0.25, 0.3) is 0 Å². The summed E-state index contributed by atoms with van der Waals surface area (Å²) < 4.78 is 0. The van der Waals surface area contributed by atoms with Crippen molar-refractivity contribution in [3.8, 4) is 0 Å². The van der Waals surface area contributed by atoms with E-state index in [9.17, 15) is 9.59 Å². The van der Waals surface area contributed by atoms with Crippen LogP contribution in [-0.2, 0) is 9.59 Å². The summed E-state index contributed by atoms with van der Waals surface area (Å²) in [5, 5.41) is 3.25. The van der Waals surface area contributed by atoms with Crippen molar-refractivity contribution in [1.82, 2.24) is 15.1 Å². The molecular formula is C13H24N4O2. The second-order valence-electron chi connectivity index (χ2n) is 5.53. The minimum absolute atomic E-state index is 0.0556. The standard InChI is InChI=1S/C13H24N4O2/c1-10(12(14)18)9-17-6-2-3-11(17)13(19)16-7-4-15-5-8-16/h10-11,15H,2-9H2,1H3,(H2,14,18). The topological polar surface area (TPSA) is 78.7 Å². The Kier molecular flexibility index (Phi) is 4.76. The van der Waals surface area contributed by atoms with E-state index in [4.69, 9.17) is 5.73 Å². The van der Waals surface area contributed by atoms with E-state index in [1.54, 1.807) is 0 Å². The number of nitrogens with zero attached hydrogens (tertiary/aromatic N) is 2. The SMILES string of the molecule is CC(CN1CCCC1C(=O)N1CCNCC1)C(N)=O. The molecule has 2 atom stereocenters. The summed E-state index contributed by atoms with van der Waals surface area (Å²) in [5.41, 5.74) is 5.31. The van der Waals surface area contributed by atoms with Gasteiger partial charge in [0, 0.05) is 38.6 Å². The number of primary amides is 1. The Labute approximate surface area is 114 Å². The van der Waals surface area contributed by atoms with Gasteiger partial charge in [-0.25, -0.2) is 0 Å². The Hall–Kier alpha value is -1.14. The summed E-state index contributed by atoms with van der Waals surface area (Å²) in [6, 6.07) is -0.0556. The van der Waals surface area contributed by atoms with Crippen LogP contribution >= 0.6 is 0 Å². The van der Waals surface area contributed by atoms with Gasteiger partial charge >= 0.3 is 0 Å². The van der Waals surface area contributed by atoms with Crippen LogP contribution in [0.3, 0.4) is 0 Å². The third-order valence-electron chi connectivity index (χ3n) is 4.07. The number of carbonyl (C=O) groups excluding carboxylic acids is 2. The average molecular weight is 268 g/mol. The highest BCUT2D eigenvalue weighted by molar-refractivity contribution is 5.82. The lowest BCUT2D eigenvalue weighted by atomic mass is 10.1. The highest BCUT2D eigenvalue weighted by Gasteiger charge is 2.35. The number of nitrogens with two attached hydrogens (primary N) is 1. The molecule has 0 aromatic carbocycles. The largest absolute Gasteiger partial charge is 0.369 e. The van der Waals surface area contributed by atoms with Gasteiger partial charge in [-0.15, -0.1) is 0 Å². The minimum Gasteiger partial charge on any atom is -0.369 e. The lowest BCUT2D eigenvalue weighted by molar-refractivity contribution is -0.137. The van der Waals surface area contributed by atoms with Gasteiger partial charge in [0.05, 0.1) is 6.04 Å². The Morgan fingerprint density at radius 1 is 1.32 bits per heavy atom. The summed E-state index contributed by atoms with van der Waals surface area (Å²) >= 11 is 0. The molecule has 2 amide bonds. The van der Waals surface area contributed by atoms with Crippen LogP contribution in [0.2, 0.25) is 0 Å². The monoisotopic (exact) mass is 268 g/mol. The molecule has 0 radical (unpaired) electrons. The third-order valence-corrected chi connectivity index (χ3v) is 4.07. The van der Waals surface area contributed by atoms with E-state index >= 15 is 0 Å². The van der Waals surface area contributed by atoms with Crippen LogP contribution in [0.4, 0.5) is 0 Å². The number of piperazine rings is 1. The second kappa shape index (κ2) is 6.34. The van der Waals surface area contributed by atoms with Crippen LogP contribution in [0, 0.1) is 5.92 Å². The van der Waals surface area contributed by atoms with Crippen molar-refractivity contribution >= 4 is 11.8 Å². The van der Waals surface area contributed by atoms with Crippen molar-refractivity contribution in [3.63, 3.8) is 0 Å². The van der Waals surface area contributed by atoms with Crippen LogP contribution in [0.5, 0.6) is 0 Å². The summed E-state index contributed by atoms with van der Waals surface area (Å²) in [6.45, 7) is 6.63. The smallest absolute Gasteiger partial charge is 0.240 e. The third kappa shape index (κ3) is 3.45. The molecule has 2 aliphatic rings. The highest BCUT2D eigenvalue weighted by Crippen LogP contribution is 2.20. The quantitative estimate of drug-likeness (QED) is 0.686. The van der Waals surface area contributed by atoms with E-state index in [0.29, 0.717) is 6.54 Å². The molecule has 2 fully saturated rings. The first-order valence-corrected chi connectivity index (χ1v) is 7.12. The van der Waals surface area contributed by atoms with Gasteiger partial charge < -0.3 is 16.0 Å². The average Bonchev–Trinajstić information content (AvgIpc) is 2.87. The van der Waals surface area contributed by atoms with E-state index in [2.05, 4.69) is 10.2 Å². The van der Waals surface area contributed by atoms with Crippen molar-refractivity contribution in [2.45, 2.75) is 25.8 Å². The van der Waals surface area contributed by atoms with E-state index < -0.39 is 0 Å². The molecule has 0 bridgehead atoms. The maximum Gasteiger partial charge on any atom is 0.240 e. The summed E-state index contributed by atoms with van der Waals surface area (Å²) in [7, 11) is 0. The fourth-order valence-electron chi connectivity index (χ4n) is 2.86. The molecule has 19 heavy (non-hydrogen) atoms. The number of hydrogen-bond donors (Lipinski definition) is 2. The Bertz CT molecular complexity index is 342. The molecule has 2 rings (SSSR count). The van der Waals surface area contributed by atoms with Crippen molar-refractivity contribution in [2.24, 2.45) is 11.7 Å². The Balaban J connectivity index is 1.93. The lowest BCUT2D eigenvalue weighted by Crippen LogP contribution is -2.53. The minimum atomic E-state index is -0.291. The molecule has 2 saturated heterocycles. The van der Waals surface area contributed by atoms with Gasteiger partial charge in [-0.05, 0) is 19.4 Å². The number of hydrogen-bond acceptors (Lipinski definition) is 4. The molecule has 2 heterocycles. The van der Waals surface area contributed by atoms with Crippen molar-refractivity contribution in [2.75, 3.05) is 39.3 Å². The van der Waals surface area contributed by atoms with E-state index in [1.807, 2.05) is 11.8 Å². The zero-order chi connectivity index (χ0) is 13.8. The molecule has 6 heteroatoms. The lowest BCUT2D eigenvalue weighted by Gasteiger charge is -2.33. The fourth-order valence-corrected chi connectivity index (χ4v) is 2.86. The van der Waals surface area contributed by atoms with Crippen LogP contribution in [0.15, 0.2) is 0 Å². The molecule has 3 N–H and O–H groups in total. The molecule has 2 unspecified atom stereocenters. The van der Waals surface area contributed by atoms with Crippen molar-refractivity contribution < 1.29 is 9.59 Å². The van der Waals surface area contributed by atoms with Gasteiger partial charge in [-0.3, -0.25) is 14.5 Å². The Morgan fingerprint density at radius 3 is 2.63 bits per heavy atom. The first kappa shape index (κ1) is 14.3. The van der Waals surface area contributed by atoms with Crippen LogP contribution < -0.4 is 11.1 Å². The number of carbonyl (C=O) groups is 2. The second-order valence-corrected chi connectivity index (χ2v) is 5.53. The van der Waals surface area contributed by atoms with E-state index in [-0.39, 0.29) is 23.8 Å². The molecule has 0 aromatic heterocycles. The van der Waals surface area contributed by atoms with Gasteiger partial charge in [0.1, 0.15) is 0 Å². The van der Waals surface area contributed by atoms with Gasteiger partial charge in [-0.2, -0.15) is 0 Å². The zero-order valence-electron chi connectivity index (χ0n) is 11.6. The molecule has 2 aliphatic heterocycles. The number of likely N-dealkylation sites (tertiary alicyclic amines) is 1. The molecular weight excluding hydrogens is 244 g/mol. The van der Waals surface area contributed by atoms with E-state index in [1.165, 1.54) is 0 Å². The molecule has 6 nitrogen and oxygen atoms in total. The maximum absolute atomic E-state index is 12.5. The van der Waals surface area contributed by atoms with Crippen LogP contribution in [-0.4, -0.2) is 66.9 Å². The molecule has 0 aliphatic carbocycles. The van der Waals surface area contributed by atoms with Crippen molar-refractivity contribution in [3.05, 3.63) is 0 Å². The first-order chi connectivity index (χ1) is 9.09. The summed E-state index contributed by atoms with van der Waals surface area (Å²) in [6.07, 6.45) is 1.92. The predicted molar refractivity (Wildman–Crippen MR) is 72.4 cm³/mol. The fraction of sp³-hybridized carbons (Fsp3) is 0.846. The summed E-state index contributed by atoms with van der Waals surface area (Å²) in [4.78, 5) is 27.7. The normalized spacial score (nSPS) is 26.4. The maximum atomic E-state index is 12.5. The van der Waals surface area contributed by atoms with Crippen LogP contribution in [0.1, 0.15) is 19.8 Å². The molecule has 108 valence electrons. The molecule has 0 saturated carbocycles. The number of amides is 2. The number of nitrogens with one attached hydrogen (secondary N) is 1. The highest BCUT2D eigenvalue weighted by atomic mass is 16.2. The summed E-state index contributed by atoms with van der Waals surface area (Å²) in [5.74, 6) is -0.271.